The summed E-state index contributed by atoms with van der Waals surface area (Å²) in [5.41, 5.74) is 23.6. The fourth-order valence-corrected chi connectivity index (χ4v) is 13.1. The Kier molecular flexibility index (Phi) is 45.9. The standard InChI is InChI=1S/C84H123N23O26/c1-41(2)32-58(76(125)103-61(37-66(115)116)79(128)104-62(39-108)83(132)133)101-78(127)60(36-51-38-90-40-92-51)102-74(123)55(24-27-63(87)110)98-72(121)54(19-15-31-91-84(88)89)97-73(122)56(25-28-64(111)112)99-77(126)59(33-47-16-11-10-12-17-47)100-70(119)45(6)107(82(131)50-21-20-49-35-52(106(8)9)23-22-48(49)34-50)81(130)44(5)95-69(118)42(3)93-68(117)43(4)94-80(129)67(46(7)109)105-75(124)57(26-29-65(113)114)96-71(120)53(86)18-13-14-30-85/h10-12,16-17,20-23,34-35,38,40-46,53-62,67,108-109H,13-15,18-19,24-33,36-37,39,85-86H2,1-9H3,(H2,87,110)(H,90,92)(H,93,117)(H,94,129)(H,95,118)(H,96,120)(H,97,122)(H,98,121)(H,99,126)(H,100,119)(H,101,127)(H,102,123)(H,103,125)(H,104,128)(H,105,124)(H,111,112)(H,113,114)(H,115,116)(H,132,133)(H4,88,89,91)/t42-,43-,44-,45-,46+,53-,54-,55-,56-,57-,58-,59-,60-,61-,62-,67-/m0/s1. The molecule has 49 nitrogen and oxygen atoms in total. The number of carboxylic acids is 4. The summed E-state index contributed by atoms with van der Waals surface area (Å²) in [6, 6.07) is -8.87. The van der Waals surface area contributed by atoms with Gasteiger partial charge in [0.25, 0.3) is 11.8 Å². The number of imide groups is 1. The molecule has 1 heterocycles. The molecule has 3 aromatic carbocycles. The molecule has 0 radical (unpaired) electrons. The Morgan fingerprint density at radius 1 is 0.474 bits per heavy atom. The number of hydrogen-bond acceptors (Lipinski definition) is 27. The van der Waals surface area contributed by atoms with Gasteiger partial charge in [0.2, 0.25) is 82.7 Å². The van der Waals surface area contributed by atoms with Gasteiger partial charge in [0.05, 0.1) is 37.2 Å². The van der Waals surface area contributed by atoms with Crippen molar-refractivity contribution in [2.75, 3.05) is 38.7 Å². The van der Waals surface area contributed by atoms with E-state index in [1.807, 2.05) is 10.2 Å². The maximum atomic E-state index is 15.2. The Balaban J connectivity index is 1.72. The molecular formula is C84H123N23O26. The first-order valence-electron chi connectivity index (χ1n) is 42.6. The number of aliphatic hydroxyl groups is 2. The van der Waals surface area contributed by atoms with Crippen molar-refractivity contribution in [3.05, 3.63) is 96.1 Å². The summed E-state index contributed by atoms with van der Waals surface area (Å²) in [6.07, 6.45) is -4.83. The number of nitrogens with one attached hydrogen (secondary N) is 16. The van der Waals surface area contributed by atoms with Crippen LogP contribution < -0.4 is 102 Å². The number of aliphatic carboxylic acids is 4. The molecule has 30 N–H and O–H groups in total. The summed E-state index contributed by atoms with van der Waals surface area (Å²) in [4.78, 5) is 284. The molecule has 1 aromatic heterocycles. The maximum Gasteiger partial charge on any atom is 0.328 e. The second-order valence-electron chi connectivity index (χ2n) is 32.2. The van der Waals surface area contributed by atoms with Crippen LogP contribution in [0.2, 0.25) is 0 Å². The van der Waals surface area contributed by atoms with E-state index in [2.05, 4.69) is 79.1 Å². The number of guanidine groups is 1. The first-order chi connectivity index (χ1) is 62.5. The Morgan fingerprint density at radius 2 is 0.940 bits per heavy atom. The number of imidazole rings is 1. The molecule has 0 fully saturated rings. The van der Waals surface area contributed by atoms with E-state index in [1.54, 1.807) is 70.4 Å². The topological polar surface area (TPSA) is 794 Å². The number of carbonyl (C=O) groups excluding carboxylic acids is 16. The number of aliphatic hydroxyl groups excluding tert-OH is 2. The van der Waals surface area contributed by atoms with Crippen molar-refractivity contribution < 1.29 is 127 Å². The van der Waals surface area contributed by atoms with E-state index < -0.39 is 298 Å². The van der Waals surface area contributed by atoms with Crippen molar-refractivity contribution in [1.29, 1.82) is 5.41 Å². The highest BCUT2D eigenvalue weighted by Crippen LogP contribution is 2.25. The van der Waals surface area contributed by atoms with E-state index in [0.29, 0.717) is 40.6 Å². The Bertz CT molecular complexity index is 4770. The zero-order valence-electron chi connectivity index (χ0n) is 75.0. The number of unbranched alkanes of at least 4 members (excludes halogenated alkanes) is 1. The van der Waals surface area contributed by atoms with Crippen LogP contribution in [0.25, 0.3) is 10.8 Å². The number of fused-ring (bicyclic) bond motifs is 1. The molecule has 4 rings (SSSR count). The second kappa shape index (κ2) is 55.0. The van der Waals surface area contributed by atoms with Crippen LogP contribution in [0.5, 0.6) is 0 Å². The molecule has 730 valence electrons. The van der Waals surface area contributed by atoms with Crippen molar-refractivity contribution in [2.45, 2.75) is 242 Å². The number of amides is 16. The highest BCUT2D eigenvalue weighted by atomic mass is 16.4. The van der Waals surface area contributed by atoms with Crippen LogP contribution >= 0.6 is 0 Å². The third kappa shape index (κ3) is 37.9. The number of primary amides is 1. The average molecular weight is 1870 g/mol. The predicted molar refractivity (Wildman–Crippen MR) is 474 cm³/mol. The van der Waals surface area contributed by atoms with Gasteiger partial charge >= 0.3 is 23.9 Å². The smallest absolute Gasteiger partial charge is 0.328 e. The first kappa shape index (κ1) is 111. The van der Waals surface area contributed by atoms with Crippen LogP contribution in [0.1, 0.15) is 154 Å². The minimum absolute atomic E-state index is 0.109. The molecular weight excluding hydrogens is 1750 g/mol. The monoisotopic (exact) mass is 1870 g/mol. The molecule has 133 heavy (non-hydrogen) atoms. The number of rotatable bonds is 58. The van der Waals surface area contributed by atoms with E-state index in [0.717, 1.165) is 40.3 Å². The average Bonchev–Trinajstić information content (AvgIpc) is 0.968. The number of aromatic amines is 1. The summed E-state index contributed by atoms with van der Waals surface area (Å²) >= 11 is 0. The van der Waals surface area contributed by atoms with Gasteiger partial charge in [-0.3, -0.25) is 101 Å². The van der Waals surface area contributed by atoms with Gasteiger partial charge in [0.1, 0.15) is 84.6 Å². The van der Waals surface area contributed by atoms with Crippen LogP contribution in [0, 0.1) is 11.3 Å². The van der Waals surface area contributed by atoms with Crippen molar-refractivity contribution in [1.82, 2.24) is 89.3 Å². The lowest BCUT2D eigenvalue weighted by Gasteiger charge is -2.31. The quantitative estimate of drug-likeness (QED) is 0.0111. The van der Waals surface area contributed by atoms with Crippen LogP contribution in [0.4, 0.5) is 5.69 Å². The van der Waals surface area contributed by atoms with Crippen LogP contribution in [0.15, 0.2) is 79.3 Å². The van der Waals surface area contributed by atoms with Gasteiger partial charge in [0, 0.05) is 70.2 Å². The predicted octanol–water partition coefficient (Wildman–Crippen LogP) is -6.47. The van der Waals surface area contributed by atoms with Gasteiger partial charge in [-0.2, -0.15) is 0 Å². The lowest BCUT2D eigenvalue weighted by atomic mass is 10.0. The molecule has 0 unspecified atom stereocenters. The van der Waals surface area contributed by atoms with Crippen molar-refractivity contribution in [2.24, 2.45) is 28.9 Å². The molecule has 0 bridgehead atoms. The lowest BCUT2D eigenvalue weighted by molar-refractivity contribution is -0.144. The largest absolute Gasteiger partial charge is 0.481 e. The van der Waals surface area contributed by atoms with E-state index in [1.165, 1.54) is 36.8 Å². The fraction of sp³-hybridized carbons (Fsp3) is 0.524. The molecule has 0 aliphatic rings. The molecule has 0 saturated carbocycles. The summed E-state index contributed by atoms with van der Waals surface area (Å²) < 4.78 is 0. The third-order valence-corrected chi connectivity index (χ3v) is 20.6. The first-order valence-corrected chi connectivity index (χ1v) is 42.6. The van der Waals surface area contributed by atoms with E-state index in [9.17, 15) is 107 Å². The second-order valence-corrected chi connectivity index (χ2v) is 32.2. The van der Waals surface area contributed by atoms with Gasteiger partial charge in [-0.1, -0.05) is 62.7 Å². The number of carboxylic acid groups (broad SMARTS) is 4. The molecule has 0 saturated heterocycles. The van der Waals surface area contributed by atoms with Crippen molar-refractivity contribution >= 4 is 141 Å². The van der Waals surface area contributed by atoms with Gasteiger partial charge in [0.15, 0.2) is 5.96 Å². The number of anilines is 1. The number of H-pyrrole nitrogens is 1. The van der Waals surface area contributed by atoms with Gasteiger partial charge in [-0.15, -0.1) is 0 Å². The minimum Gasteiger partial charge on any atom is -0.481 e. The lowest BCUT2D eigenvalue weighted by Crippen LogP contribution is -2.61. The highest BCUT2D eigenvalue weighted by Gasteiger charge is 2.42. The number of hydrogen-bond donors (Lipinski definition) is 26. The van der Waals surface area contributed by atoms with E-state index in [-0.39, 0.29) is 37.1 Å². The number of carbonyl (C=O) groups is 20. The molecule has 49 heteroatoms. The normalized spacial score (nSPS) is 14.7. The Morgan fingerprint density at radius 3 is 1.44 bits per heavy atom. The molecule has 0 spiro atoms. The van der Waals surface area contributed by atoms with E-state index in [4.69, 9.17) is 28.3 Å². The summed E-state index contributed by atoms with van der Waals surface area (Å²) in [5.74, 6) is -25.7. The fourth-order valence-electron chi connectivity index (χ4n) is 13.1. The van der Waals surface area contributed by atoms with Gasteiger partial charge in [-0.05, 0) is 139 Å². The molecule has 16 atom stereocenters. The van der Waals surface area contributed by atoms with E-state index >= 15 is 19.2 Å². The molecule has 4 aromatic rings. The SMILES string of the molecule is CC(C)C[C@H](NC(=O)[C@H](Cc1c[nH]cn1)NC(=O)[C@H](CCC(N)=O)NC(=O)[C@H](CCCNC(=N)N)NC(=O)[C@H](CCC(=O)O)NC(=O)[C@H](Cc1ccccc1)NC(=O)[C@H](C)N(C(=O)c1ccc2cc(N(C)C)ccc2c1)C(=O)[C@H](C)NC(=O)[C@H](C)NC(=O)[C@H](C)NC(=O)[C@@H](NC(=O)[C@H](CCC(=O)O)NC(=O)[C@@H](N)CCCCN)[C@@H](C)O)C(=O)N[C@@H](CC(=O)O)C(=O)N[C@@H](CO)C(=O)O. The number of aromatic nitrogens is 2. The number of benzene rings is 3. The zero-order valence-corrected chi connectivity index (χ0v) is 75.0. The minimum atomic E-state index is -1.98. The Labute approximate surface area is 764 Å². The highest BCUT2D eigenvalue weighted by molar-refractivity contribution is 6.11. The van der Waals surface area contributed by atoms with Crippen LogP contribution in [-0.4, -0.2) is 300 Å². The zero-order chi connectivity index (χ0) is 99.8. The van der Waals surface area contributed by atoms with Gasteiger partial charge < -0.3 is 138 Å². The number of nitrogens with zero attached hydrogens (tertiary/aromatic N) is 3. The van der Waals surface area contributed by atoms with Crippen LogP contribution in [0.3, 0.4) is 0 Å². The Hall–Kier alpha value is -14.4. The summed E-state index contributed by atoms with van der Waals surface area (Å²) in [5, 5.41) is 101. The molecule has 0 aliphatic heterocycles. The third-order valence-electron chi connectivity index (χ3n) is 20.6. The molecule has 16 amide bonds. The summed E-state index contributed by atoms with van der Waals surface area (Å²) in [6.45, 7) is 7.90. The summed E-state index contributed by atoms with van der Waals surface area (Å²) in [7, 11) is 3.58. The molecule has 0 aliphatic carbocycles. The van der Waals surface area contributed by atoms with Crippen LogP contribution in [-0.2, 0) is 104 Å². The number of nitrogens with two attached hydrogens (primary N) is 4. The maximum absolute atomic E-state index is 15.2. The van der Waals surface area contributed by atoms with Gasteiger partial charge in [-0.25, -0.2) is 9.78 Å². The van der Waals surface area contributed by atoms with Crippen molar-refractivity contribution in [3.63, 3.8) is 0 Å². The van der Waals surface area contributed by atoms with Crippen molar-refractivity contribution in [3.8, 4) is 0 Å².